The number of amides is 1. The summed E-state index contributed by atoms with van der Waals surface area (Å²) >= 11 is 0. The van der Waals surface area contributed by atoms with Crippen LogP contribution in [-0.2, 0) is 4.79 Å². The first-order valence-corrected chi connectivity index (χ1v) is 6.16. The van der Waals surface area contributed by atoms with Crippen LogP contribution in [0.25, 0.3) is 10.9 Å². The Balaban J connectivity index is 2.35. The summed E-state index contributed by atoms with van der Waals surface area (Å²) in [5, 5.41) is 17.1. The summed E-state index contributed by atoms with van der Waals surface area (Å²) < 4.78 is 0. The molecule has 1 heterocycles. The minimum Gasteiger partial charge on any atom is -0.371 e. The van der Waals surface area contributed by atoms with E-state index in [0.717, 1.165) is 0 Å². The van der Waals surface area contributed by atoms with Crippen LogP contribution < -0.4 is 10.6 Å². The summed E-state index contributed by atoms with van der Waals surface area (Å²) in [6.07, 6.45) is 1.58. The second kappa shape index (κ2) is 5.96. The third kappa shape index (κ3) is 2.82. The lowest BCUT2D eigenvalue weighted by molar-refractivity contribution is -0.382. The van der Waals surface area contributed by atoms with Gasteiger partial charge in [-0.2, -0.15) is 0 Å². The van der Waals surface area contributed by atoms with Crippen LogP contribution in [0.1, 0.15) is 6.92 Å². The number of likely N-dealkylation sites (N-methyl/N-ethyl adjacent to an activating group) is 1. The first-order valence-electron chi connectivity index (χ1n) is 6.16. The van der Waals surface area contributed by atoms with Crippen molar-refractivity contribution in [3.63, 3.8) is 0 Å². The predicted octanol–water partition coefficient (Wildman–Crippen LogP) is 1.69. The van der Waals surface area contributed by atoms with E-state index in [1.54, 1.807) is 30.5 Å². The van der Waals surface area contributed by atoms with Gasteiger partial charge in [-0.3, -0.25) is 19.9 Å². The molecule has 0 spiro atoms. The summed E-state index contributed by atoms with van der Waals surface area (Å²) in [5.74, 6) is -0.215. The van der Waals surface area contributed by atoms with Crippen molar-refractivity contribution in [2.75, 3.05) is 18.4 Å². The van der Waals surface area contributed by atoms with E-state index in [9.17, 15) is 14.9 Å². The highest BCUT2D eigenvalue weighted by molar-refractivity contribution is 5.95. The Labute approximate surface area is 115 Å². The number of nitrogens with one attached hydrogen (secondary N) is 2. The molecule has 7 heteroatoms. The van der Waals surface area contributed by atoms with Crippen LogP contribution in [0.4, 0.5) is 11.4 Å². The van der Waals surface area contributed by atoms with Crippen molar-refractivity contribution in [2.45, 2.75) is 6.92 Å². The molecule has 0 aliphatic carbocycles. The molecule has 2 aromatic rings. The molecular formula is C13H14N4O3. The van der Waals surface area contributed by atoms with Gasteiger partial charge >= 0.3 is 5.69 Å². The quantitative estimate of drug-likeness (QED) is 0.638. The van der Waals surface area contributed by atoms with Gasteiger partial charge in [-0.15, -0.1) is 0 Å². The zero-order valence-electron chi connectivity index (χ0n) is 10.9. The fourth-order valence-corrected chi connectivity index (χ4v) is 1.91. The average Bonchev–Trinajstić information content (AvgIpc) is 2.44. The molecule has 0 saturated heterocycles. The van der Waals surface area contributed by atoms with Gasteiger partial charge in [0.05, 0.1) is 22.4 Å². The number of carbonyl (C=O) groups is 1. The number of nitro benzene ring substituents is 1. The molecule has 7 nitrogen and oxygen atoms in total. The van der Waals surface area contributed by atoms with E-state index in [2.05, 4.69) is 15.6 Å². The summed E-state index contributed by atoms with van der Waals surface area (Å²) in [6, 6.07) is 6.52. The number of pyridine rings is 1. The third-order valence-corrected chi connectivity index (χ3v) is 2.75. The zero-order chi connectivity index (χ0) is 14.5. The van der Waals surface area contributed by atoms with Crippen molar-refractivity contribution < 1.29 is 9.72 Å². The number of fused-ring (bicyclic) bond motifs is 1. The number of aromatic nitrogens is 1. The lowest BCUT2D eigenvalue weighted by atomic mass is 10.1. The fourth-order valence-electron chi connectivity index (χ4n) is 1.91. The lowest BCUT2D eigenvalue weighted by Crippen LogP contribution is -2.29. The van der Waals surface area contributed by atoms with Crippen LogP contribution in [0.15, 0.2) is 30.5 Å². The molecule has 0 radical (unpaired) electrons. The molecule has 2 N–H and O–H groups in total. The van der Waals surface area contributed by atoms with Crippen LogP contribution in [0, 0.1) is 10.1 Å². The molecule has 0 saturated carbocycles. The minimum absolute atomic E-state index is 0.0134. The molecule has 2 rings (SSSR count). The third-order valence-electron chi connectivity index (χ3n) is 2.75. The van der Waals surface area contributed by atoms with Crippen molar-refractivity contribution in [1.82, 2.24) is 10.3 Å². The van der Waals surface area contributed by atoms with E-state index in [4.69, 9.17) is 0 Å². The Bertz CT molecular complexity index is 657. The molecule has 0 atom stereocenters. The van der Waals surface area contributed by atoms with Crippen LogP contribution in [0.3, 0.4) is 0 Å². The predicted molar refractivity (Wildman–Crippen MR) is 75.6 cm³/mol. The first kappa shape index (κ1) is 13.7. The monoisotopic (exact) mass is 274 g/mol. The summed E-state index contributed by atoms with van der Waals surface area (Å²) in [5.41, 5.74) is 0.782. The van der Waals surface area contributed by atoms with Crippen molar-refractivity contribution >= 4 is 28.2 Å². The Hall–Kier alpha value is -2.70. The highest BCUT2D eigenvalue weighted by atomic mass is 16.6. The molecule has 0 aliphatic rings. The van der Waals surface area contributed by atoms with Gasteiger partial charge in [-0.25, -0.2) is 0 Å². The SMILES string of the molecule is CCNC(=O)CNc1ccc2ncccc2c1[N+](=O)[O-]. The first-order chi connectivity index (χ1) is 9.63. The zero-order valence-corrected chi connectivity index (χ0v) is 10.9. The highest BCUT2D eigenvalue weighted by Gasteiger charge is 2.19. The maximum absolute atomic E-state index is 11.4. The van der Waals surface area contributed by atoms with Gasteiger partial charge in [0.15, 0.2) is 0 Å². The summed E-state index contributed by atoms with van der Waals surface area (Å²) in [6.45, 7) is 2.31. The molecule has 0 fully saturated rings. The number of carbonyl (C=O) groups excluding carboxylic acids is 1. The highest BCUT2D eigenvalue weighted by Crippen LogP contribution is 2.32. The van der Waals surface area contributed by atoms with Crippen LogP contribution in [-0.4, -0.2) is 28.9 Å². The number of benzene rings is 1. The molecule has 1 amide bonds. The Morgan fingerprint density at radius 3 is 2.90 bits per heavy atom. The van der Waals surface area contributed by atoms with Gasteiger partial charge in [0.2, 0.25) is 5.91 Å². The van der Waals surface area contributed by atoms with Crippen molar-refractivity contribution in [2.24, 2.45) is 0 Å². The van der Waals surface area contributed by atoms with Gasteiger partial charge in [-0.05, 0) is 31.2 Å². The van der Waals surface area contributed by atoms with E-state index in [0.29, 0.717) is 23.1 Å². The van der Waals surface area contributed by atoms with Crippen molar-refractivity contribution in [3.05, 3.63) is 40.6 Å². The summed E-state index contributed by atoms with van der Waals surface area (Å²) in [4.78, 5) is 26.3. The van der Waals surface area contributed by atoms with Gasteiger partial charge in [-0.1, -0.05) is 0 Å². The minimum atomic E-state index is -0.468. The molecule has 104 valence electrons. The molecule has 1 aromatic carbocycles. The fraction of sp³-hybridized carbons (Fsp3) is 0.231. The summed E-state index contributed by atoms with van der Waals surface area (Å²) in [7, 11) is 0. The Morgan fingerprint density at radius 2 is 2.20 bits per heavy atom. The Morgan fingerprint density at radius 1 is 1.40 bits per heavy atom. The molecule has 0 aliphatic heterocycles. The van der Waals surface area contributed by atoms with E-state index < -0.39 is 4.92 Å². The average molecular weight is 274 g/mol. The van der Waals surface area contributed by atoms with E-state index in [1.807, 2.05) is 6.92 Å². The van der Waals surface area contributed by atoms with Gasteiger partial charge in [0.1, 0.15) is 5.69 Å². The lowest BCUT2D eigenvalue weighted by Gasteiger charge is -2.08. The van der Waals surface area contributed by atoms with Crippen LogP contribution in [0.2, 0.25) is 0 Å². The molecule has 0 bridgehead atoms. The molecular weight excluding hydrogens is 260 g/mol. The maximum atomic E-state index is 11.4. The maximum Gasteiger partial charge on any atom is 0.301 e. The number of rotatable bonds is 5. The number of anilines is 1. The van der Waals surface area contributed by atoms with Crippen molar-refractivity contribution in [3.8, 4) is 0 Å². The van der Waals surface area contributed by atoms with Crippen molar-refractivity contribution in [1.29, 1.82) is 0 Å². The molecule has 1 aromatic heterocycles. The Kier molecular flexibility index (Phi) is 4.09. The van der Waals surface area contributed by atoms with Gasteiger partial charge < -0.3 is 10.6 Å². The van der Waals surface area contributed by atoms with E-state index >= 15 is 0 Å². The normalized spacial score (nSPS) is 10.2. The van der Waals surface area contributed by atoms with Crippen LogP contribution in [0.5, 0.6) is 0 Å². The number of nitro groups is 1. The van der Waals surface area contributed by atoms with Gasteiger partial charge in [0.25, 0.3) is 0 Å². The second-order valence-electron chi connectivity index (χ2n) is 4.10. The van der Waals surface area contributed by atoms with E-state index in [-0.39, 0.29) is 18.1 Å². The molecule has 20 heavy (non-hydrogen) atoms. The topological polar surface area (TPSA) is 97.2 Å². The smallest absolute Gasteiger partial charge is 0.301 e. The number of nitrogens with zero attached hydrogens (tertiary/aromatic N) is 2. The molecule has 0 unspecified atom stereocenters. The van der Waals surface area contributed by atoms with Gasteiger partial charge in [0, 0.05) is 12.7 Å². The number of hydrogen-bond donors (Lipinski definition) is 2. The second-order valence-corrected chi connectivity index (χ2v) is 4.10. The number of hydrogen-bond acceptors (Lipinski definition) is 5. The van der Waals surface area contributed by atoms with Crippen LogP contribution >= 0.6 is 0 Å². The van der Waals surface area contributed by atoms with E-state index in [1.165, 1.54) is 0 Å². The standard InChI is InChI=1S/C13H14N4O3/c1-2-14-12(18)8-16-11-6-5-10-9(4-3-7-15-10)13(11)17(19)20/h3-7,16H,2,8H2,1H3,(H,14,18). The largest absolute Gasteiger partial charge is 0.371 e.